The third-order valence-corrected chi connectivity index (χ3v) is 5.13. The molecule has 0 N–H and O–H groups in total. The Kier molecular flexibility index (Phi) is 6.33. The fourth-order valence-electron chi connectivity index (χ4n) is 2.14. The van der Waals surface area contributed by atoms with E-state index in [1.165, 1.54) is 6.92 Å². The molecular formula is C14H16ClNO8S. The van der Waals surface area contributed by atoms with Gasteiger partial charge in [0.1, 0.15) is 16.5 Å². The molecule has 2 atom stereocenters. The zero-order chi connectivity index (χ0) is 18.6. The first-order valence-corrected chi connectivity index (χ1v) is 9.15. The molecule has 9 nitrogen and oxygen atoms in total. The van der Waals surface area contributed by atoms with E-state index < -0.39 is 37.7 Å². The van der Waals surface area contributed by atoms with E-state index in [4.69, 9.17) is 25.3 Å². The third-order valence-electron chi connectivity index (χ3n) is 3.44. The molecule has 1 aromatic carbocycles. The standard InChI is InChI=1S/C14H16ClNO8S/c1-9(14(17)23-8-10-3-2-6-22-10)24-25(20,21)11-4-5-12(15)13(7-11)16(18)19/h4-5,7,9-10H,2-3,6,8H2,1H3/t9?,10-/m0/s1. The van der Waals surface area contributed by atoms with Gasteiger partial charge < -0.3 is 9.47 Å². The predicted octanol–water partition coefficient (Wildman–Crippen LogP) is 2.06. The summed E-state index contributed by atoms with van der Waals surface area (Å²) >= 11 is 5.64. The highest BCUT2D eigenvalue weighted by atomic mass is 35.5. The Hall–Kier alpha value is -1.75. The second kappa shape index (κ2) is 8.09. The van der Waals surface area contributed by atoms with Crippen LogP contribution in [-0.2, 0) is 28.6 Å². The quantitative estimate of drug-likeness (QED) is 0.298. The number of nitro groups is 1. The summed E-state index contributed by atoms with van der Waals surface area (Å²) in [6.45, 7) is 1.82. The van der Waals surface area contributed by atoms with Crippen molar-refractivity contribution in [2.75, 3.05) is 13.2 Å². The SMILES string of the molecule is CC(OS(=O)(=O)c1ccc(Cl)c([N+](=O)[O-])c1)C(=O)OC[C@@H]1CCCO1. The lowest BCUT2D eigenvalue weighted by Gasteiger charge is -2.15. The average molecular weight is 394 g/mol. The molecule has 0 aliphatic carbocycles. The molecule has 1 unspecified atom stereocenters. The molecule has 0 saturated carbocycles. The van der Waals surface area contributed by atoms with Crippen molar-refractivity contribution in [3.63, 3.8) is 0 Å². The third kappa shape index (κ3) is 5.11. The number of hydrogen-bond acceptors (Lipinski definition) is 8. The highest BCUT2D eigenvalue weighted by Crippen LogP contribution is 2.28. The minimum Gasteiger partial charge on any atom is -0.461 e. The molecule has 1 aromatic rings. The summed E-state index contributed by atoms with van der Waals surface area (Å²) < 4.78 is 39.4. The van der Waals surface area contributed by atoms with E-state index in [-0.39, 0.29) is 17.7 Å². The topological polar surface area (TPSA) is 122 Å². The van der Waals surface area contributed by atoms with Gasteiger partial charge >= 0.3 is 5.97 Å². The number of hydrogen-bond donors (Lipinski definition) is 0. The van der Waals surface area contributed by atoms with Gasteiger partial charge in [-0.25, -0.2) is 4.79 Å². The van der Waals surface area contributed by atoms with Crippen molar-refractivity contribution >= 4 is 33.4 Å². The summed E-state index contributed by atoms with van der Waals surface area (Å²) in [5, 5.41) is 10.6. The summed E-state index contributed by atoms with van der Waals surface area (Å²) in [7, 11) is -4.41. The van der Waals surface area contributed by atoms with Crippen LogP contribution < -0.4 is 0 Å². The van der Waals surface area contributed by atoms with E-state index in [1.807, 2.05) is 0 Å². The molecule has 1 heterocycles. The lowest BCUT2D eigenvalue weighted by Crippen LogP contribution is -2.29. The molecule has 0 aromatic heterocycles. The number of benzene rings is 1. The Bertz CT molecular complexity index is 760. The molecule has 25 heavy (non-hydrogen) atoms. The highest BCUT2D eigenvalue weighted by Gasteiger charge is 2.28. The van der Waals surface area contributed by atoms with E-state index in [0.29, 0.717) is 6.61 Å². The maximum atomic E-state index is 12.2. The number of halogens is 1. The van der Waals surface area contributed by atoms with Crippen LogP contribution in [0.2, 0.25) is 5.02 Å². The fourth-order valence-corrected chi connectivity index (χ4v) is 3.39. The molecule has 0 spiro atoms. The first-order valence-electron chi connectivity index (χ1n) is 7.36. The van der Waals surface area contributed by atoms with Crippen molar-refractivity contribution in [3.8, 4) is 0 Å². The van der Waals surface area contributed by atoms with Gasteiger partial charge in [-0.2, -0.15) is 8.42 Å². The molecule has 0 radical (unpaired) electrons. The molecule has 1 fully saturated rings. The van der Waals surface area contributed by atoms with Crippen molar-refractivity contribution < 1.29 is 31.8 Å². The Morgan fingerprint density at radius 3 is 2.84 bits per heavy atom. The van der Waals surface area contributed by atoms with Gasteiger partial charge in [0.2, 0.25) is 0 Å². The zero-order valence-electron chi connectivity index (χ0n) is 13.2. The number of nitrogens with zero attached hydrogens (tertiary/aromatic N) is 1. The van der Waals surface area contributed by atoms with E-state index in [9.17, 15) is 23.3 Å². The summed E-state index contributed by atoms with van der Waals surface area (Å²) in [6.07, 6.45) is 0.0144. The van der Waals surface area contributed by atoms with Gasteiger partial charge in [-0.05, 0) is 31.9 Å². The molecular weight excluding hydrogens is 378 g/mol. The van der Waals surface area contributed by atoms with Crippen LogP contribution in [0.1, 0.15) is 19.8 Å². The van der Waals surface area contributed by atoms with Crippen LogP contribution in [0.4, 0.5) is 5.69 Å². The van der Waals surface area contributed by atoms with Crippen molar-refractivity contribution in [3.05, 3.63) is 33.3 Å². The van der Waals surface area contributed by atoms with E-state index in [0.717, 1.165) is 31.0 Å². The number of carbonyl (C=O) groups is 1. The Labute approximate surface area is 149 Å². The molecule has 1 aliphatic rings. The van der Waals surface area contributed by atoms with Crippen LogP contribution in [0.3, 0.4) is 0 Å². The van der Waals surface area contributed by atoms with Gasteiger partial charge in [0.25, 0.3) is 15.8 Å². The first-order chi connectivity index (χ1) is 11.7. The second-order valence-electron chi connectivity index (χ2n) is 5.33. The lowest BCUT2D eigenvalue weighted by atomic mass is 10.2. The van der Waals surface area contributed by atoms with Crippen LogP contribution in [0.5, 0.6) is 0 Å². The first kappa shape index (κ1) is 19.6. The van der Waals surface area contributed by atoms with Crippen LogP contribution in [0, 0.1) is 10.1 Å². The predicted molar refractivity (Wildman–Crippen MR) is 85.8 cm³/mol. The van der Waals surface area contributed by atoms with Gasteiger partial charge in [-0.1, -0.05) is 11.6 Å². The highest BCUT2D eigenvalue weighted by molar-refractivity contribution is 7.86. The van der Waals surface area contributed by atoms with Gasteiger partial charge in [0.05, 0.1) is 11.0 Å². The largest absolute Gasteiger partial charge is 0.461 e. The Morgan fingerprint density at radius 1 is 1.52 bits per heavy atom. The minimum absolute atomic E-state index is 0.0129. The molecule has 1 aliphatic heterocycles. The van der Waals surface area contributed by atoms with Crippen LogP contribution >= 0.6 is 11.6 Å². The molecule has 138 valence electrons. The number of ether oxygens (including phenoxy) is 2. The van der Waals surface area contributed by atoms with Gasteiger partial charge in [0, 0.05) is 12.7 Å². The minimum atomic E-state index is -4.41. The smallest absolute Gasteiger partial charge is 0.336 e. The van der Waals surface area contributed by atoms with Crippen molar-refractivity contribution in [1.29, 1.82) is 0 Å². The summed E-state index contributed by atoms with van der Waals surface area (Å²) in [6, 6.07) is 2.88. The number of esters is 1. The molecule has 0 amide bonds. The molecule has 11 heteroatoms. The maximum absolute atomic E-state index is 12.2. The molecule has 2 rings (SSSR count). The Morgan fingerprint density at radius 2 is 2.24 bits per heavy atom. The van der Waals surface area contributed by atoms with Crippen molar-refractivity contribution in [1.82, 2.24) is 0 Å². The van der Waals surface area contributed by atoms with E-state index in [1.54, 1.807) is 0 Å². The van der Waals surface area contributed by atoms with Crippen molar-refractivity contribution in [2.45, 2.75) is 36.9 Å². The Balaban J connectivity index is 2.03. The molecule has 0 bridgehead atoms. The van der Waals surface area contributed by atoms with Gasteiger partial charge in [-0.3, -0.25) is 14.3 Å². The maximum Gasteiger partial charge on any atom is 0.336 e. The van der Waals surface area contributed by atoms with Crippen LogP contribution in [0.25, 0.3) is 0 Å². The summed E-state index contributed by atoms with van der Waals surface area (Å²) in [5.41, 5.74) is -0.583. The average Bonchev–Trinajstić information content (AvgIpc) is 3.05. The van der Waals surface area contributed by atoms with E-state index >= 15 is 0 Å². The number of nitro benzene ring substituents is 1. The van der Waals surface area contributed by atoms with Gasteiger partial charge in [0.15, 0.2) is 6.10 Å². The summed E-state index contributed by atoms with van der Waals surface area (Å²) in [4.78, 5) is 21.4. The van der Waals surface area contributed by atoms with Crippen LogP contribution in [0.15, 0.2) is 23.1 Å². The van der Waals surface area contributed by atoms with Crippen LogP contribution in [-0.4, -0.2) is 44.7 Å². The fraction of sp³-hybridized carbons (Fsp3) is 0.500. The van der Waals surface area contributed by atoms with Gasteiger partial charge in [-0.15, -0.1) is 0 Å². The second-order valence-corrected chi connectivity index (χ2v) is 7.31. The normalized spacial score (nSPS) is 18.7. The molecule has 1 saturated heterocycles. The summed E-state index contributed by atoms with van der Waals surface area (Å²) in [5.74, 6) is -0.873. The van der Waals surface area contributed by atoms with E-state index in [2.05, 4.69) is 0 Å². The monoisotopic (exact) mass is 393 g/mol. The zero-order valence-corrected chi connectivity index (χ0v) is 14.8. The lowest BCUT2D eigenvalue weighted by molar-refractivity contribution is -0.384. The van der Waals surface area contributed by atoms with Crippen molar-refractivity contribution in [2.24, 2.45) is 0 Å². The number of rotatable bonds is 7. The number of carbonyl (C=O) groups excluding carboxylic acids is 1.